The Hall–Kier alpha value is -2.61. The van der Waals surface area contributed by atoms with Gasteiger partial charge in [-0.3, -0.25) is 4.79 Å². The molecule has 3 amide bonds. The zero-order valence-electron chi connectivity index (χ0n) is 15.6. The number of methoxy groups -OCH3 is 1. The topological polar surface area (TPSA) is 106 Å². The molecule has 1 atom stereocenters. The molecule has 0 saturated heterocycles. The van der Waals surface area contributed by atoms with E-state index < -0.39 is 12.1 Å². The molecule has 144 valence electrons. The fourth-order valence-corrected chi connectivity index (χ4v) is 1.96. The summed E-state index contributed by atoms with van der Waals surface area (Å²) in [6, 6.07) is 6.42. The molecule has 26 heavy (non-hydrogen) atoms. The fourth-order valence-electron chi connectivity index (χ4n) is 1.96. The Morgan fingerprint density at radius 2 is 1.69 bits per heavy atom. The van der Waals surface area contributed by atoms with Crippen molar-refractivity contribution in [1.29, 1.82) is 0 Å². The molecule has 0 radical (unpaired) electrons. The van der Waals surface area contributed by atoms with Crippen LogP contribution in [0.4, 0.5) is 4.79 Å². The first kappa shape index (κ1) is 21.4. The van der Waals surface area contributed by atoms with Crippen LogP contribution in [0.3, 0.4) is 0 Å². The summed E-state index contributed by atoms with van der Waals surface area (Å²) in [4.78, 5) is 35.4. The highest BCUT2D eigenvalue weighted by molar-refractivity contribution is 5.92. The second-order valence-corrected chi connectivity index (χ2v) is 6.01. The Bertz CT molecular complexity index is 601. The molecule has 0 aliphatic carbocycles. The first-order valence-corrected chi connectivity index (χ1v) is 8.44. The van der Waals surface area contributed by atoms with Crippen molar-refractivity contribution in [2.24, 2.45) is 0 Å². The van der Waals surface area contributed by atoms with Crippen LogP contribution < -0.4 is 16.0 Å². The van der Waals surface area contributed by atoms with Gasteiger partial charge >= 0.3 is 12.0 Å². The molecule has 0 bridgehead atoms. The van der Waals surface area contributed by atoms with Crippen molar-refractivity contribution in [2.75, 3.05) is 20.3 Å². The summed E-state index contributed by atoms with van der Waals surface area (Å²) >= 11 is 0. The average Bonchev–Trinajstić information content (AvgIpc) is 2.59. The molecule has 0 fully saturated rings. The monoisotopic (exact) mass is 365 g/mol. The Kier molecular flexibility index (Phi) is 9.14. The van der Waals surface area contributed by atoms with Gasteiger partial charge in [0.1, 0.15) is 0 Å². The summed E-state index contributed by atoms with van der Waals surface area (Å²) in [7, 11) is 1.53. The Balaban J connectivity index is 2.48. The van der Waals surface area contributed by atoms with E-state index in [0.29, 0.717) is 25.3 Å². The number of hydrogen-bond donors (Lipinski definition) is 3. The van der Waals surface area contributed by atoms with Crippen molar-refractivity contribution in [3.05, 3.63) is 35.4 Å². The molecule has 8 nitrogen and oxygen atoms in total. The standard InChI is InChI=1S/C18H27N3O5/c1-12(2)21-18(24)20-11-14-5-7-15(8-6-14)17(23)26-13(3)16(22)19-9-10-25-4/h5-8,12-13H,9-11H2,1-4H3,(H,19,22)(H2,20,21,24)/t13-/m0/s1. The van der Waals surface area contributed by atoms with Crippen molar-refractivity contribution >= 4 is 17.9 Å². The predicted octanol–water partition coefficient (Wildman–Crippen LogP) is 1.20. The Morgan fingerprint density at radius 1 is 1.04 bits per heavy atom. The van der Waals surface area contributed by atoms with E-state index >= 15 is 0 Å². The number of amides is 3. The van der Waals surface area contributed by atoms with Crippen LogP contribution in [0.25, 0.3) is 0 Å². The number of esters is 1. The maximum absolute atomic E-state index is 12.1. The van der Waals surface area contributed by atoms with Gasteiger partial charge in [0.25, 0.3) is 5.91 Å². The lowest BCUT2D eigenvalue weighted by atomic mass is 10.1. The summed E-state index contributed by atoms with van der Waals surface area (Å²) in [5.41, 5.74) is 1.17. The molecular weight excluding hydrogens is 338 g/mol. The van der Waals surface area contributed by atoms with Crippen molar-refractivity contribution in [3.8, 4) is 0 Å². The van der Waals surface area contributed by atoms with Crippen LogP contribution in [0.15, 0.2) is 24.3 Å². The molecule has 0 saturated carbocycles. The Morgan fingerprint density at radius 3 is 2.27 bits per heavy atom. The summed E-state index contributed by atoms with van der Waals surface area (Å²) in [6.07, 6.45) is -0.902. The molecule has 0 unspecified atom stereocenters. The van der Waals surface area contributed by atoms with Gasteiger partial charge in [0.05, 0.1) is 12.2 Å². The molecule has 1 aromatic carbocycles. The zero-order chi connectivity index (χ0) is 19.5. The minimum Gasteiger partial charge on any atom is -0.449 e. The van der Waals surface area contributed by atoms with Crippen LogP contribution in [0, 0.1) is 0 Å². The minimum absolute atomic E-state index is 0.0563. The third kappa shape index (κ3) is 7.98. The molecule has 1 aromatic rings. The van der Waals surface area contributed by atoms with E-state index in [1.165, 1.54) is 14.0 Å². The summed E-state index contributed by atoms with van der Waals surface area (Å²) in [5.74, 6) is -0.969. The molecule has 3 N–H and O–H groups in total. The zero-order valence-corrected chi connectivity index (χ0v) is 15.6. The maximum Gasteiger partial charge on any atom is 0.338 e. The van der Waals surface area contributed by atoms with Crippen molar-refractivity contribution < 1.29 is 23.9 Å². The van der Waals surface area contributed by atoms with Crippen LogP contribution >= 0.6 is 0 Å². The van der Waals surface area contributed by atoms with Crippen LogP contribution in [-0.4, -0.2) is 50.3 Å². The second-order valence-electron chi connectivity index (χ2n) is 6.01. The van der Waals surface area contributed by atoms with Gasteiger partial charge in [-0.25, -0.2) is 9.59 Å². The van der Waals surface area contributed by atoms with Gasteiger partial charge in [0, 0.05) is 26.2 Å². The highest BCUT2D eigenvalue weighted by Crippen LogP contribution is 2.07. The average molecular weight is 365 g/mol. The summed E-state index contributed by atoms with van der Waals surface area (Å²) in [5, 5.41) is 8.05. The molecular formula is C18H27N3O5. The van der Waals surface area contributed by atoms with E-state index in [4.69, 9.17) is 9.47 Å². The number of carbonyl (C=O) groups excluding carboxylic acids is 3. The van der Waals surface area contributed by atoms with Gasteiger partial charge in [-0.05, 0) is 38.5 Å². The van der Waals surface area contributed by atoms with Gasteiger partial charge in [-0.15, -0.1) is 0 Å². The SMILES string of the molecule is COCCNC(=O)[C@H](C)OC(=O)c1ccc(CNC(=O)NC(C)C)cc1. The maximum atomic E-state index is 12.1. The molecule has 0 heterocycles. The smallest absolute Gasteiger partial charge is 0.338 e. The highest BCUT2D eigenvalue weighted by atomic mass is 16.5. The number of hydrogen-bond acceptors (Lipinski definition) is 5. The van der Waals surface area contributed by atoms with Gasteiger partial charge in [0.2, 0.25) is 0 Å². The van der Waals surface area contributed by atoms with E-state index in [1.807, 2.05) is 13.8 Å². The van der Waals surface area contributed by atoms with Gasteiger partial charge in [-0.1, -0.05) is 12.1 Å². The van der Waals surface area contributed by atoms with Gasteiger partial charge in [-0.2, -0.15) is 0 Å². The highest BCUT2D eigenvalue weighted by Gasteiger charge is 2.18. The summed E-state index contributed by atoms with van der Waals surface area (Å²) < 4.78 is 9.97. The van der Waals surface area contributed by atoms with Gasteiger partial charge in [0.15, 0.2) is 6.10 Å². The van der Waals surface area contributed by atoms with Crippen molar-refractivity contribution in [1.82, 2.24) is 16.0 Å². The van der Waals surface area contributed by atoms with E-state index in [9.17, 15) is 14.4 Å². The number of ether oxygens (including phenoxy) is 2. The molecule has 1 rings (SSSR count). The van der Waals surface area contributed by atoms with E-state index in [1.54, 1.807) is 24.3 Å². The third-order valence-corrected chi connectivity index (χ3v) is 3.32. The number of carbonyl (C=O) groups is 3. The van der Waals surface area contributed by atoms with Crippen LogP contribution in [-0.2, 0) is 20.8 Å². The van der Waals surface area contributed by atoms with Crippen LogP contribution in [0.2, 0.25) is 0 Å². The second kappa shape index (κ2) is 11.1. The molecule has 8 heteroatoms. The fraction of sp³-hybridized carbons (Fsp3) is 0.500. The normalized spacial score (nSPS) is 11.6. The lowest BCUT2D eigenvalue weighted by Gasteiger charge is -2.13. The van der Waals surface area contributed by atoms with Gasteiger partial charge < -0.3 is 25.4 Å². The van der Waals surface area contributed by atoms with E-state index in [2.05, 4.69) is 16.0 Å². The predicted molar refractivity (Wildman–Crippen MR) is 96.7 cm³/mol. The van der Waals surface area contributed by atoms with Crippen LogP contribution in [0.5, 0.6) is 0 Å². The van der Waals surface area contributed by atoms with Crippen molar-refractivity contribution in [2.45, 2.75) is 39.5 Å². The summed E-state index contributed by atoms with van der Waals surface area (Å²) in [6.45, 7) is 6.33. The molecule has 0 spiro atoms. The lowest BCUT2D eigenvalue weighted by molar-refractivity contribution is -0.129. The number of rotatable bonds is 9. The Labute approximate surface area is 153 Å². The third-order valence-electron chi connectivity index (χ3n) is 3.32. The van der Waals surface area contributed by atoms with E-state index in [0.717, 1.165) is 5.56 Å². The first-order valence-electron chi connectivity index (χ1n) is 8.44. The lowest BCUT2D eigenvalue weighted by Crippen LogP contribution is -2.39. The van der Waals surface area contributed by atoms with Crippen molar-refractivity contribution in [3.63, 3.8) is 0 Å². The minimum atomic E-state index is -0.902. The van der Waals surface area contributed by atoms with Crippen LogP contribution in [0.1, 0.15) is 36.7 Å². The first-order chi connectivity index (χ1) is 12.3. The molecule has 0 aliphatic heterocycles. The molecule has 0 aliphatic rings. The van der Waals surface area contributed by atoms with E-state index in [-0.39, 0.29) is 18.0 Å². The largest absolute Gasteiger partial charge is 0.449 e. The number of urea groups is 1. The number of nitrogens with one attached hydrogen (secondary N) is 3. The number of benzene rings is 1. The quantitative estimate of drug-likeness (QED) is 0.450. The molecule has 0 aromatic heterocycles.